The quantitative estimate of drug-likeness (QED) is 0.888. The predicted octanol–water partition coefficient (Wildman–Crippen LogP) is 3.40. The van der Waals surface area contributed by atoms with Crippen LogP contribution in [0.25, 0.3) is 0 Å². The number of hydrogen-bond donors (Lipinski definition) is 1. The molecule has 0 saturated heterocycles. The van der Waals surface area contributed by atoms with Crippen LogP contribution in [-0.4, -0.2) is 40.6 Å². The molecular formula is C20H27NO4. The highest BCUT2D eigenvalue weighted by molar-refractivity contribution is 5.88. The number of amides is 1. The van der Waals surface area contributed by atoms with E-state index in [1.807, 2.05) is 17.9 Å². The van der Waals surface area contributed by atoms with Gasteiger partial charge in [0.15, 0.2) is 0 Å². The molecule has 0 aromatic heterocycles. The summed E-state index contributed by atoms with van der Waals surface area (Å²) in [6, 6.07) is 5.20. The van der Waals surface area contributed by atoms with E-state index in [0.29, 0.717) is 19.5 Å². The van der Waals surface area contributed by atoms with Crippen LogP contribution in [0.15, 0.2) is 18.2 Å². The Labute approximate surface area is 149 Å². The molecule has 1 amide bonds. The topological polar surface area (TPSA) is 66.8 Å². The molecule has 0 radical (unpaired) electrons. The Hall–Kier alpha value is -1.88. The fourth-order valence-corrected chi connectivity index (χ4v) is 3.84. The van der Waals surface area contributed by atoms with Gasteiger partial charge < -0.3 is 14.7 Å². The number of aromatic carboxylic acids is 1. The first kappa shape index (κ1) is 17.9. The Kier molecular flexibility index (Phi) is 5.74. The number of hydrogen-bond acceptors (Lipinski definition) is 3. The van der Waals surface area contributed by atoms with Crippen molar-refractivity contribution in [2.24, 2.45) is 0 Å². The summed E-state index contributed by atoms with van der Waals surface area (Å²) in [7, 11) is 0. The molecule has 2 aliphatic rings. The van der Waals surface area contributed by atoms with Crippen molar-refractivity contribution < 1.29 is 19.4 Å². The number of carbonyl (C=O) groups excluding carboxylic acids is 1. The molecule has 0 bridgehead atoms. The summed E-state index contributed by atoms with van der Waals surface area (Å²) in [4.78, 5) is 25.9. The number of fused-ring (bicyclic) bond motifs is 1. The molecule has 1 aromatic carbocycles. The Morgan fingerprint density at radius 2 is 2.00 bits per heavy atom. The number of ether oxygens (including phenoxy) is 1. The minimum Gasteiger partial charge on any atom is -0.478 e. The molecule has 1 heterocycles. The SMILES string of the molecule is CCC(OC1CCCCC1)C(=O)N1CCc2ccc(C(=O)O)cc2C1. The monoisotopic (exact) mass is 345 g/mol. The first-order valence-electron chi connectivity index (χ1n) is 9.37. The highest BCUT2D eigenvalue weighted by Crippen LogP contribution is 2.25. The van der Waals surface area contributed by atoms with Gasteiger partial charge in [-0.05, 0) is 48.9 Å². The van der Waals surface area contributed by atoms with E-state index in [1.54, 1.807) is 12.1 Å². The van der Waals surface area contributed by atoms with E-state index < -0.39 is 5.97 Å². The van der Waals surface area contributed by atoms with Gasteiger partial charge in [-0.25, -0.2) is 4.79 Å². The van der Waals surface area contributed by atoms with Crippen molar-refractivity contribution in [3.63, 3.8) is 0 Å². The summed E-state index contributed by atoms with van der Waals surface area (Å²) in [5.74, 6) is -0.891. The van der Waals surface area contributed by atoms with Crippen LogP contribution in [0.2, 0.25) is 0 Å². The zero-order valence-corrected chi connectivity index (χ0v) is 14.9. The van der Waals surface area contributed by atoms with Gasteiger partial charge in [-0.15, -0.1) is 0 Å². The summed E-state index contributed by atoms with van der Waals surface area (Å²) >= 11 is 0. The highest BCUT2D eigenvalue weighted by atomic mass is 16.5. The summed E-state index contributed by atoms with van der Waals surface area (Å²) in [6.07, 6.45) is 7.00. The zero-order valence-electron chi connectivity index (χ0n) is 14.9. The molecule has 1 aromatic rings. The van der Waals surface area contributed by atoms with Gasteiger partial charge in [-0.1, -0.05) is 32.3 Å². The number of benzene rings is 1. The predicted molar refractivity (Wildman–Crippen MR) is 94.6 cm³/mol. The maximum absolute atomic E-state index is 12.9. The number of nitrogens with zero attached hydrogens (tertiary/aromatic N) is 1. The van der Waals surface area contributed by atoms with Gasteiger partial charge in [-0.3, -0.25) is 4.79 Å². The van der Waals surface area contributed by atoms with Gasteiger partial charge in [0.25, 0.3) is 5.91 Å². The molecule has 136 valence electrons. The standard InChI is InChI=1S/C20H27NO4/c1-2-18(25-17-6-4-3-5-7-17)19(22)21-11-10-14-8-9-15(20(23)24)12-16(14)13-21/h8-9,12,17-18H,2-7,10-11,13H2,1H3,(H,23,24). The lowest BCUT2D eigenvalue weighted by molar-refractivity contribution is -0.150. The van der Waals surface area contributed by atoms with E-state index in [-0.39, 0.29) is 23.7 Å². The van der Waals surface area contributed by atoms with Crippen molar-refractivity contribution in [1.29, 1.82) is 0 Å². The molecule has 1 aliphatic heterocycles. The van der Waals surface area contributed by atoms with Gasteiger partial charge in [0.05, 0.1) is 11.7 Å². The lowest BCUT2D eigenvalue weighted by Gasteiger charge is -2.33. The van der Waals surface area contributed by atoms with E-state index in [9.17, 15) is 9.59 Å². The third kappa shape index (κ3) is 4.21. The maximum atomic E-state index is 12.9. The Morgan fingerprint density at radius 3 is 2.68 bits per heavy atom. The average molecular weight is 345 g/mol. The van der Waals surface area contributed by atoms with Gasteiger partial charge in [0.1, 0.15) is 6.10 Å². The van der Waals surface area contributed by atoms with E-state index >= 15 is 0 Å². The molecular weight excluding hydrogens is 318 g/mol. The minimum absolute atomic E-state index is 0.0412. The van der Waals surface area contributed by atoms with Crippen LogP contribution in [0.3, 0.4) is 0 Å². The fourth-order valence-electron chi connectivity index (χ4n) is 3.84. The van der Waals surface area contributed by atoms with Crippen molar-refractivity contribution >= 4 is 11.9 Å². The van der Waals surface area contributed by atoms with Crippen molar-refractivity contribution in [3.05, 3.63) is 34.9 Å². The minimum atomic E-state index is -0.932. The number of carboxylic acid groups (broad SMARTS) is 1. The zero-order chi connectivity index (χ0) is 17.8. The Balaban J connectivity index is 1.67. The van der Waals surface area contributed by atoms with Crippen molar-refractivity contribution in [3.8, 4) is 0 Å². The molecule has 1 N–H and O–H groups in total. The summed E-state index contributed by atoms with van der Waals surface area (Å²) < 4.78 is 6.12. The van der Waals surface area contributed by atoms with Crippen LogP contribution in [-0.2, 0) is 22.5 Å². The molecule has 1 fully saturated rings. The summed E-state index contributed by atoms with van der Waals surface area (Å²) in [5, 5.41) is 9.17. The number of carboxylic acids is 1. The second-order valence-corrected chi connectivity index (χ2v) is 7.09. The maximum Gasteiger partial charge on any atom is 0.335 e. The summed E-state index contributed by atoms with van der Waals surface area (Å²) in [6.45, 7) is 3.13. The van der Waals surface area contributed by atoms with Crippen LogP contribution < -0.4 is 0 Å². The van der Waals surface area contributed by atoms with Gasteiger partial charge in [0, 0.05) is 13.1 Å². The molecule has 1 saturated carbocycles. The molecule has 3 rings (SSSR count). The van der Waals surface area contributed by atoms with Crippen LogP contribution in [0.4, 0.5) is 0 Å². The smallest absolute Gasteiger partial charge is 0.335 e. The van der Waals surface area contributed by atoms with E-state index in [2.05, 4.69) is 0 Å². The lowest BCUT2D eigenvalue weighted by Crippen LogP contribution is -2.44. The second-order valence-electron chi connectivity index (χ2n) is 7.09. The molecule has 5 nitrogen and oxygen atoms in total. The normalized spacial score (nSPS) is 19.3. The third-order valence-corrected chi connectivity index (χ3v) is 5.33. The third-order valence-electron chi connectivity index (χ3n) is 5.33. The van der Waals surface area contributed by atoms with Crippen molar-refractivity contribution in [2.45, 2.75) is 70.6 Å². The molecule has 5 heteroatoms. The van der Waals surface area contributed by atoms with Crippen LogP contribution in [0.1, 0.15) is 66.9 Å². The second kappa shape index (κ2) is 8.00. The van der Waals surface area contributed by atoms with Crippen LogP contribution in [0.5, 0.6) is 0 Å². The largest absolute Gasteiger partial charge is 0.478 e. The van der Waals surface area contributed by atoms with E-state index in [1.165, 1.54) is 19.3 Å². The van der Waals surface area contributed by atoms with Crippen LogP contribution >= 0.6 is 0 Å². The molecule has 1 atom stereocenters. The Morgan fingerprint density at radius 1 is 1.24 bits per heavy atom. The van der Waals surface area contributed by atoms with Crippen molar-refractivity contribution in [1.82, 2.24) is 4.90 Å². The molecule has 1 unspecified atom stereocenters. The van der Waals surface area contributed by atoms with E-state index in [0.717, 1.165) is 30.4 Å². The lowest BCUT2D eigenvalue weighted by atomic mass is 9.96. The highest BCUT2D eigenvalue weighted by Gasteiger charge is 2.29. The molecule has 1 aliphatic carbocycles. The Bertz CT molecular complexity index is 637. The first-order valence-corrected chi connectivity index (χ1v) is 9.37. The fraction of sp³-hybridized carbons (Fsp3) is 0.600. The number of rotatable bonds is 5. The molecule has 25 heavy (non-hydrogen) atoms. The van der Waals surface area contributed by atoms with Gasteiger partial charge >= 0.3 is 5.97 Å². The first-order chi connectivity index (χ1) is 12.1. The van der Waals surface area contributed by atoms with Crippen molar-refractivity contribution in [2.75, 3.05) is 6.54 Å². The van der Waals surface area contributed by atoms with Crippen LogP contribution in [0, 0.1) is 0 Å². The molecule has 0 spiro atoms. The van der Waals surface area contributed by atoms with Gasteiger partial charge in [-0.2, -0.15) is 0 Å². The average Bonchev–Trinajstić information content (AvgIpc) is 2.65. The van der Waals surface area contributed by atoms with Gasteiger partial charge in [0.2, 0.25) is 0 Å². The summed E-state index contributed by atoms with van der Waals surface area (Å²) in [5.41, 5.74) is 2.35. The number of carbonyl (C=O) groups is 2. The van der Waals surface area contributed by atoms with E-state index in [4.69, 9.17) is 9.84 Å².